The molecule has 1 fully saturated rings. The molecule has 3 rings (SSSR count). The number of hydrogen-bond donors (Lipinski definition) is 2. The first-order valence-corrected chi connectivity index (χ1v) is 10.6. The predicted octanol–water partition coefficient (Wildman–Crippen LogP) is 2.40. The summed E-state index contributed by atoms with van der Waals surface area (Å²) in [5.41, 5.74) is 2.76. The van der Waals surface area contributed by atoms with E-state index in [0.29, 0.717) is 12.1 Å². The molecule has 1 aliphatic heterocycles. The molecule has 2 amide bonds. The molecule has 0 unspecified atom stereocenters. The number of ether oxygens (including phenoxy) is 2. The first-order chi connectivity index (χ1) is 15.1. The molecule has 0 bridgehead atoms. The van der Waals surface area contributed by atoms with E-state index in [1.54, 1.807) is 7.11 Å². The number of amides is 2. The third-order valence-corrected chi connectivity index (χ3v) is 5.48. The van der Waals surface area contributed by atoms with E-state index >= 15 is 0 Å². The van der Waals surface area contributed by atoms with Crippen LogP contribution in [0.1, 0.15) is 28.8 Å². The molecule has 2 aromatic carbocycles. The van der Waals surface area contributed by atoms with E-state index in [2.05, 4.69) is 15.5 Å². The van der Waals surface area contributed by atoms with E-state index in [1.807, 2.05) is 48.5 Å². The van der Waals surface area contributed by atoms with E-state index in [0.717, 1.165) is 49.4 Å². The molecule has 0 atom stereocenters. The lowest BCUT2D eigenvalue weighted by atomic mass is 10.0. The maximum absolute atomic E-state index is 12.9. The smallest absolute Gasteiger partial charge is 0.253 e. The Balaban J connectivity index is 1.53. The van der Waals surface area contributed by atoms with Crippen molar-refractivity contribution in [2.24, 2.45) is 0 Å². The van der Waals surface area contributed by atoms with Crippen LogP contribution in [0, 0.1) is 0 Å². The van der Waals surface area contributed by atoms with Gasteiger partial charge >= 0.3 is 0 Å². The van der Waals surface area contributed by atoms with E-state index < -0.39 is 0 Å². The quantitative estimate of drug-likeness (QED) is 0.645. The molecule has 0 spiro atoms. The van der Waals surface area contributed by atoms with Crippen LogP contribution in [0.25, 0.3) is 0 Å². The van der Waals surface area contributed by atoms with E-state index in [-0.39, 0.29) is 24.5 Å². The van der Waals surface area contributed by atoms with Gasteiger partial charge in [-0.15, -0.1) is 0 Å². The van der Waals surface area contributed by atoms with E-state index in [4.69, 9.17) is 9.47 Å². The van der Waals surface area contributed by atoms with Gasteiger partial charge in [0.15, 0.2) is 0 Å². The van der Waals surface area contributed by atoms with Gasteiger partial charge in [0.05, 0.1) is 12.7 Å². The van der Waals surface area contributed by atoms with Gasteiger partial charge in [0.2, 0.25) is 5.91 Å². The molecule has 31 heavy (non-hydrogen) atoms. The first kappa shape index (κ1) is 22.6. The minimum atomic E-state index is -0.0856. The van der Waals surface area contributed by atoms with Gasteiger partial charge in [0, 0.05) is 38.5 Å². The summed E-state index contributed by atoms with van der Waals surface area (Å²) in [5.74, 6) is 0.668. The Kier molecular flexibility index (Phi) is 8.29. The van der Waals surface area contributed by atoms with Crippen molar-refractivity contribution in [1.82, 2.24) is 10.6 Å². The van der Waals surface area contributed by atoms with Crippen molar-refractivity contribution in [2.45, 2.75) is 25.3 Å². The summed E-state index contributed by atoms with van der Waals surface area (Å²) in [7, 11) is 3.16. The van der Waals surface area contributed by atoms with Crippen molar-refractivity contribution < 1.29 is 19.1 Å². The van der Waals surface area contributed by atoms with Gasteiger partial charge in [0.25, 0.3) is 5.91 Å². The Bertz CT molecular complexity index is 861. The standard InChI is InChI=1S/C24H31N3O4/c1-30-17-23(28)26-19-12-15-27(16-13-19)22-6-4-3-5-21(22)24(29)25-14-11-18-7-9-20(31-2)10-8-18/h3-10,19H,11-17H2,1-2H3,(H,25,29)(H,26,28). The average molecular weight is 426 g/mol. The molecule has 0 saturated carbocycles. The highest BCUT2D eigenvalue weighted by Gasteiger charge is 2.23. The number of nitrogens with one attached hydrogen (secondary N) is 2. The Hall–Kier alpha value is -3.06. The average Bonchev–Trinajstić information content (AvgIpc) is 2.80. The maximum Gasteiger partial charge on any atom is 0.253 e. The molecular weight excluding hydrogens is 394 g/mol. The van der Waals surface area contributed by atoms with Gasteiger partial charge in [-0.25, -0.2) is 0 Å². The summed E-state index contributed by atoms with van der Waals surface area (Å²) in [6.07, 6.45) is 2.43. The van der Waals surface area contributed by atoms with Gasteiger partial charge in [0.1, 0.15) is 12.4 Å². The highest BCUT2D eigenvalue weighted by atomic mass is 16.5. The van der Waals surface area contributed by atoms with Gasteiger partial charge in [-0.3, -0.25) is 9.59 Å². The number of benzene rings is 2. The lowest BCUT2D eigenvalue weighted by Gasteiger charge is -2.34. The zero-order valence-corrected chi connectivity index (χ0v) is 18.2. The molecule has 1 saturated heterocycles. The minimum absolute atomic E-state index is 0.0698. The molecule has 1 aliphatic rings. The van der Waals surface area contributed by atoms with Crippen LogP contribution in [0.5, 0.6) is 5.75 Å². The second-order valence-electron chi connectivity index (χ2n) is 7.63. The molecular formula is C24H31N3O4. The summed E-state index contributed by atoms with van der Waals surface area (Å²) in [4.78, 5) is 26.8. The first-order valence-electron chi connectivity index (χ1n) is 10.6. The van der Waals surface area contributed by atoms with Crippen molar-refractivity contribution in [3.63, 3.8) is 0 Å². The molecule has 7 nitrogen and oxygen atoms in total. The van der Waals surface area contributed by atoms with Crippen molar-refractivity contribution in [3.05, 3.63) is 59.7 Å². The molecule has 0 radical (unpaired) electrons. The second-order valence-corrected chi connectivity index (χ2v) is 7.63. The number of carbonyl (C=O) groups excluding carboxylic acids is 2. The molecule has 2 N–H and O–H groups in total. The summed E-state index contributed by atoms with van der Waals surface area (Å²) in [6, 6.07) is 15.7. The molecule has 166 valence electrons. The van der Waals surface area contributed by atoms with E-state index in [9.17, 15) is 9.59 Å². The molecule has 1 heterocycles. The number of nitrogens with zero attached hydrogens (tertiary/aromatic N) is 1. The molecule has 7 heteroatoms. The number of para-hydroxylation sites is 1. The number of methoxy groups -OCH3 is 2. The lowest BCUT2D eigenvalue weighted by molar-refractivity contribution is -0.125. The van der Waals surface area contributed by atoms with Crippen LogP contribution in [0.3, 0.4) is 0 Å². The molecule has 0 aliphatic carbocycles. The fourth-order valence-corrected chi connectivity index (χ4v) is 3.81. The number of piperidine rings is 1. The van der Waals surface area contributed by atoms with Crippen LogP contribution >= 0.6 is 0 Å². The number of carbonyl (C=O) groups is 2. The highest BCUT2D eigenvalue weighted by molar-refractivity contribution is 5.99. The van der Waals surface area contributed by atoms with Gasteiger partial charge in [-0.1, -0.05) is 24.3 Å². The van der Waals surface area contributed by atoms with Crippen molar-refractivity contribution >= 4 is 17.5 Å². The van der Waals surface area contributed by atoms with Crippen LogP contribution < -0.4 is 20.3 Å². The summed E-state index contributed by atoms with van der Waals surface area (Å²) >= 11 is 0. The fourth-order valence-electron chi connectivity index (χ4n) is 3.81. The van der Waals surface area contributed by atoms with Crippen LogP contribution in [-0.4, -0.2) is 58.3 Å². The zero-order chi connectivity index (χ0) is 22.1. The fraction of sp³-hybridized carbons (Fsp3) is 0.417. The third-order valence-electron chi connectivity index (χ3n) is 5.48. The summed E-state index contributed by atoms with van der Waals surface area (Å²) in [6.45, 7) is 2.22. The SMILES string of the molecule is COCC(=O)NC1CCN(c2ccccc2C(=O)NCCc2ccc(OC)cc2)CC1. The summed E-state index contributed by atoms with van der Waals surface area (Å²) < 4.78 is 10.1. The van der Waals surface area contributed by atoms with E-state index in [1.165, 1.54) is 7.11 Å². The van der Waals surface area contributed by atoms with Gasteiger partial charge in [-0.2, -0.15) is 0 Å². The van der Waals surface area contributed by atoms with Crippen LogP contribution in [-0.2, 0) is 16.0 Å². The third kappa shape index (κ3) is 6.46. The highest BCUT2D eigenvalue weighted by Crippen LogP contribution is 2.24. The van der Waals surface area contributed by atoms with Crippen molar-refractivity contribution in [3.8, 4) is 5.75 Å². The van der Waals surface area contributed by atoms with Gasteiger partial charge in [-0.05, 0) is 49.1 Å². The normalized spacial score (nSPS) is 14.2. The lowest BCUT2D eigenvalue weighted by Crippen LogP contribution is -2.46. The van der Waals surface area contributed by atoms with Crippen LogP contribution in [0.4, 0.5) is 5.69 Å². The Morgan fingerprint density at radius 3 is 2.42 bits per heavy atom. The predicted molar refractivity (Wildman–Crippen MR) is 121 cm³/mol. The zero-order valence-electron chi connectivity index (χ0n) is 18.2. The number of hydrogen-bond acceptors (Lipinski definition) is 5. The van der Waals surface area contributed by atoms with Crippen molar-refractivity contribution in [2.75, 3.05) is 45.4 Å². The number of rotatable bonds is 9. The topological polar surface area (TPSA) is 79.9 Å². The number of anilines is 1. The maximum atomic E-state index is 12.9. The molecule has 0 aromatic heterocycles. The Labute approximate surface area is 183 Å². The monoisotopic (exact) mass is 425 g/mol. The molecule has 2 aromatic rings. The Morgan fingerprint density at radius 2 is 1.74 bits per heavy atom. The minimum Gasteiger partial charge on any atom is -0.497 e. The Morgan fingerprint density at radius 1 is 1.03 bits per heavy atom. The van der Waals surface area contributed by atoms with Gasteiger partial charge < -0.3 is 25.0 Å². The largest absolute Gasteiger partial charge is 0.497 e. The van der Waals surface area contributed by atoms with Crippen LogP contribution in [0.15, 0.2) is 48.5 Å². The second kappa shape index (κ2) is 11.4. The van der Waals surface area contributed by atoms with Crippen molar-refractivity contribution in [1.29, 1.82) is 0 Å². The van der Waals surface area contributed by atoms with Crippen LogP contribution in [0.2, 0.25) is 0 Å². The summed E-state index contributed by atoms with van der Waals surface area (Å²) in [5, 5.41) is 6.04.